The molecule has 1 saturated carbocycles. The van der Waals surface area contributed by atoms with Crippen molar-refractivity contribution in [3.8, 4) is 0 Å². The number of hydrogen-bond acceptors (Lipinski definition) is 1. The van der Waals surface area contributed by atoms with Crippen LogP contribution in [0.15, 0.2) is 12.1 Å². The lowest BCUT2D eigenvalue weighted by Crippen LogP contribution is -2.32. The Morgan fingerprint density at radius 1 is 1.35 bits per heavy atom. The van der Waals surface area contributed by atoms with E-state index < -0.39 is 11.6 Å². The third-order valence-electron chi connectivity index (χ3n) is 3.42. The minimum Gasteiger partial charge on any atom is -0.310 e. The van der Waals surface area contributed by atoms with Crippen LogP contribution in [0.1, 0.15) is 37.8 Å². The SMILES string of the molecule is CCNC(c1cc(F)c(Cl)cc1F)C1CCC1. The fraction of sp³-hybridized carbons (Fsp3) is 0.538. The van der Waals surface area contributed by atoms with E-state index in [1.807, 2.05) is 6.92 Å². The molecule has 2 rings (SSSR count). The van der Waals surface area contributed by atoms with Crippen molar-refractivity contribution in [3.05, 3.63) is 34.4 Å². The Bertz CT molecular complexity index is 405. The highest BCUT2D eigenvalue weighted by atomic mass is 35.5. The number of hydrogen-bond donors (Lipinski definition) is 1. The van der Waals surface area contributed by atoms with Crippen molar-refractivity contribution in [3.63, 3.8) is 0 Å². The summed E-state index contributed by atoms with van der Waals surface area (Å²) in [5.41, 5.74) is 0.401. The van der Waals surface area contributed by atoms with Crippen molar-refractivity contribution in [2.45, 2.75) is 32.2 Å². The second-order valence-corrected chi connectivity index (χ2v) is 4.92. The molecule has 0 heterocycles. The van der Waals surface area contributed by atoms with Crippen LogP contribution >= 0.6 is 11.6 Å². The van der Waals surface area contributed by atoms with Crippen LogP contribution in [-0.2, 0) is 0 Å². The lowest BCUT2D eigenvalue weighted by Gasteiger charge is -2.34. The van der Waals surface area contributed by atoms with Gasteiger partial charge in [-0.25, -0.2) is 8.78 Å². The van der Waals surface area contributed by atoms with Crippen LogP contribution in [0.4, 0.5) is 8.78 Å². The Hall–Kier alpha value is -0.670. The van der Waals surface area contributed by atoms with Crippen LogP contribution in [0.3, 0.4) is 0 Å². The molecule has 1 unspecified atom stereocenters. The van der Waals surface area contributed by atoms with Gasteiger partial charge in [0.2, 0.25) is 0 Å². The van der Waals surface area contributed by atoms with Crippen LogP contribution in [0.25, 0.3) is 0 Å². The van der Waals surface area contributed by atoms with Crippen LogP contribution in [-0.4, -0.2) is 6.54 Å². The van der Waals surface area contributed by atoms with E-state index in [2.05, 4.69) is 5.32 Å². The Kier molecular flexibility index (Phi) is 4.00. The van der Waals surface area contributed by atoms with E-state index >= 15 is 0 Å². The summed E-state index contributed by atoms with van der Waals surface area (Å²) in [6.07, 6.45) is 3.31. The first-order chi connectivity index (χ1) is 8.13. The molecule has 0 amide bonds. The minimum atomic E-state index is -0.551. The highest BCUT2D eigenvalue weighted by Crippen LogP contribution is 2.39. The van der Waals surface area contributed by atoms with Crippen molar-refractivity contribution in [2.75, 3.05) is 6.54 Å². The number of nitrogens with one attached hydrogen (secondary N) is 1. The average molecular weight is 260 g/mol. The maximum atomic E-state index is 13.8. The van der Waals surface area contributed by atoms with Gasteiger partial charge >= 0.3 is 0 Å². The molecule has 94 valence electrons. The Morgan fingerprint density at radius 2 is 2.06 bits per heavy atom. The van der Waals surface area contributed by atoms with Crippen LogP contribution in [0, 0.1) is 17.6 Å². The molecule has 1 aliphatic rings. The van der Waals surface area contributed by atoms with E-state index in [1.54, 1.807) is 0 Å². The lowest BCUT2D eigenvalue weighted by atomic mass is 9.77. The van der Waals surface area contributed by atoms with Crippen molar-refractivity contribution in [1.82, 2.24) is 5.32 Å². The summed E-state index contributed by atoms with van der Waals surface area (Å²) in [7, 11) is 0. The summed E-state index contributed by atoms with van der Waals surface area (Å²) >= 11 is 5.56. The lowest BCUT2D eigenvalue weighted by molar-refractivity contribution is 0.229. The second-order valence-electron chi connectivity index (χ2n) is 4.51. The largest absolute Gasteiger partial charge is 0.310 e. The molecule has 0 aliphatic heterocycles. The number of rotatable bonds is 4. The zero-order chi connectivity index (χ0) is 12.4. The van der Waals surface area contributed by atoms with E-state index in [-0.39, 0.29) is 11.1 Å². The molecule has 1 aliphatic carbocycles. The molecule has 4 heteroatoms. The summed E-state index contributed by atoms with van der Waals surface area (Å²) in [5, 5.41) is 3.08. The molecule has 1 atom stereocenters. The van der Waals surface area contributed by atoms with E-state index in [9.17, 15) is 8.78 Å². The van der Waals surface area contributed by atoms with E-state index in [0.29, 0.717) is 11.5 Å². The predicted octanol–water partition coefficient (Wildman–Crippen LogP) is 4.07. The molecule has 0 saturated heterocycles. The zero-order valence-corrected chi connectivity index (χ0v) is 10.5. The van der Waals surface area contributed by atoms with Crippen molar-refractivity contribution >= 4 is 11.6 Å². The summed E-state index contributed by atoms with van der Waals surface area (Å²) in [5.74, 6) is -0.565. The standard InChI is InChI=1S/C13H16ClF2N/c1-2-17-13(8-4-3-5-8)9-6-12(16)10(14)7-11(9)15/h6-8,13,17H,2-5H2,1H3. The fourth-order valence-corrected chi connectivity index (χ4v) is 2.45. The van der Waals surface area contributed by atoms with Crippen molar-refractivity contribution < 1.29 is 8.78 Å². The Labute approximate surface area is 105 Å². The van der Waals surface area contributed by atoms with Crippen LogP contribution in [0.5, 0.6) is 0 Å². The molecule has 1 aromatic rings. The number of benzene rings is 1. The van der Waals surface area contributed by atoms with E-state index in [0.717, 1.165) is 25.5 Å². The second kappa shape index (κ2) is 5.32. The molecule has 1 nitrogen and oxygen atoms in total. The van der Waals surface area contributed by atoms with E-state index in [4.69, 9.17) is 11.6 Å². The molecule has 1 fully saturated rings. The van der Waals surface area contributed by atoms with Crippen molar-refractivity contribution in [1.29, 1.82) is 0 Å². The van der Waals surface area contributed by atoms with Gasteiger partial charge in [-0.2, -0.15) is 0 Å². The van der Waals surface area contributed by atoms with Gasteiger partial charge in [0.25, 0.3) is 0 Å². The van der Waals surface area contributed by atoms with Crippen LogP contribution in [0.2, 0.25) is 5.02 Å². The summed E-state index contributed by atoms with van der Waals surface area (Å²) < 4.78 is 27.3. The molecule has 0 bridgehead atoms. The summed E-state index contributed by atoms with van der Waals surface area (Å²) in [4.78, 5) is 0. The highest BCUT2D eigenvalue weighted by molar-refractivity contribution is 6.30. The van der Waals surface area contributed by atoms with Gasteiger partial charge in [0, 0.05) is 11.6 Å². The van der Waals surface area contributed by atoms with Gasteiger partial charge in [-0.15, -0.1) is 0 Å². The normalized spacial score (nSPS) is 17.9. The maximum absolute atomic E-state index is 13.8. The number of halogens is 3. The molecule has 1 N–H and O–H groups in total. The first-order valence-corrected chi connectivity index (χ1v) is 6.39. The Balaban J connectivity index is 2.31. The van der Waals surface area contributed by atoms with Crippen molar-refractivity contribution in [2.24, 2.45) is 5.92 Å². The molecule has 1 aromatic carbocycles. The average Bonchev–Trinajstić information content (AvgIpc) is 2.20. The minimum absolute atomic E-state index is 0.0967. The van der Waals surface area contributed by atoms with Gasteiger partial charge in [-0.1, -0.05) is 24.9 Å². The molecular formula is C13H16ClF2N. The molecule has 0 radical (unpaired) electrons. The monoisotopic (exact) mass is 259 g/mol. The molecule has 17 heavy (non-hydrogen) atoms. The zero-order valence-electron chi connectivity index (χ0n) is 9.77. The first-order valence-electron chi connectivity index (χ1n) is 6.01. The quantitative estimate of drug-likeness (QED) is 0.804. The molecular weight excluding hydrogens is 244 g/mol. The Morgan fingerprint density at radius 3 is 2.59 bits per heavy atom. The van der Waals surface area contributed by atoms with Gasteiger partial charge in [-0.05, 0) is 37.4 Å². The topological polar surface area (TPSA) is 12.0 Å². The fourth-order valence-electron chi connectivity index (χ4n) is 2.30. The van der Waals surface area contributed by atoms with Gasteiger partial charge in [0.05, 0.1) is 5.02 Å². The predicted molar refractivity (Wildman–Crippen MR) is 65.1 cm³/mol. The summed E-state index contributed by atoms with van der Waals surface area (Å²) in [6, 6.07) is 2.19. The smallest absolute Gasteiger partial charge is 0.142 e. The highest BCUT2D eigenvalue weighted by Gasteiger charge is 2.30. The summed E-state index contributed by atoms with van der Waals surface area (Å²) in [6.45, 7) is 2.71. The molecule has 0 spiro atoms. The maximum Gasteiger partial charge on any atom is 0.142 e. The third-order valence-corrected chi connectivity index (χ3v) is 3.71. The third kappa shape index (κ3) is 2.61. The van der Waals surface area contributed by atoms with Gasteiger partial charge < -0.3 is 5.32 Å². The van der Waals surface area contributed by atoms with Gasteiger partial charge in [-0.3, -0.25) is 0 Å². The van der Waals surface area contributed by atoms with Gasteiger partial charge in [0.15, 0.2) is 0 Å². The van der Waals surface area contributed by atoms with Crippen LogP contribution < -0.4 is 5.32 Å². The van der Waals surface area contributed by atoms with E-state index in [1.165, 1.54) is 12.5 Å². The molecule has 0 aromatic heterocycles. The van der Waals surface area contributed by atoms with Gasteiger partial charge in [0.1, 0.15) is 11.6 Å². The first kappa shape index (κ1) is 12.8.